The summed E-state index contributed by atoms with van der Waals surface area (Å²) in [6, 6.07) is 26.1. The Balaban J connectivity index is 1.13. The highest BCUT2D eigenvalue weighted by molar-refractivity contribution is 7.58. The molecule has 252 valence electrons. The van der Waals surface area contributed by atoms with Gasteiger partial charge in [0, 0.05) is 19.5 Å². The number of unbranched alkanes of at least 4 members (excludes halogenated alkanes) is 2. The van der Waals surface area contributed by atoms with Gasteiger partial charge in [-0.05, 0) is 109 Å². The van der Waals surface area contributed by atoms with Crippen LogP contribution in [-0.2, 0) is 11.4 Å². The van der Waals surface area contributed by atoms with E-state index in [4.69, 9.17) is 18.2 Å². The highest BCUT2D eigenvalue weighted by Crippen LogP contribution is 2.56. The molecule has 2 aromatic carbocycles. The van der Waals surface area contributed by atoms with Crippen molar-refractivity contribution in [2.24, 2.45) is 20.6 Å². The van der Waals surface area contributed by atoms with Crippen molar-refractivity contribution >= 4 is 56.7 Å². The van der Waals surface area contributed by atoms with Gasteiger partial charge in [-0.25, -0.2) is 0 Å². The zero-order chi connectivity index (χ0) is 33.3. The average Bonchev–Trinajstić information content (AvgIpc) is 3.95. The second-order valence-electron chi connectivity index (χ2n) is 12.6. The van der Waals surface area contributed by atoms with Gasteiger partial charge in [0.05, 0.1) is 34.3 Å². The minimum atomic E-state index is 0.628. The molecule has 4 heterocycles. The van der Waals surface area contributed by atoms with Crippen molar-refractivity contribution in [3.63, 3.8) is 0 Å². The van der Waals surface area contributed by atoms with Crippen LogP contribution in [0.15, 0.2) is 81.5 Å². The first-order chi connectivity index (χ1) is 23.6. The van der Waals surface area contributed by atoms with Crippen LogP contribution >= 0.6 is 34.0 Å². The summed E-state index contributed by atoms with van der Waals surface area (Å²) in [4.78, 5) is 7.34. The topological polar surface area (TPSA) is 43.2 Å². The zero-order valence-corrected chi connectivity index (χ0v) is 31.8. The molecule has 0 saturated heterocycles. The number of thiophene rings is 3. The summed E-state index contributed by atoms with van der Waals surface area (Å²) in [5, 5.41) is 0. The second-order valence-corrected chi connectivity index (χ2v) is 16.3. The summed E-state index contributed by atoms with van der Waals surface area (Å²) >= 11 is 6.73. The molecule has 0 N–H and O–H groups in total. The summed E-state index contributed by atoms with van der Waals surface area (Å²) < 4.78 is 21.8. The number of benzene rings is 2. The number of fused-ring (bicyclic) bond motifs is 1. The molecule has 6 rings (SSSR count). The number of hydrogen-bond donors (Lipinski definition) is 0. The van der Waals surface area contributed by atoms with E-state index in [0.29, 0.717) is 11.8 Å². The van der Waals surface area contributed by atoms with E-state index in [1.54, 1.807) is 11.3 Å². The third-order valence-corrected chi connectivity index (χ3v) is 13.4. The molecule has 2 atom stereocenters. The van der Waals surface area contributed by atoms with Crippen molar-refractivity contribution in [1.82, 2.24) is 0 Å². The fourth-order valence-electron chi connectivity index (χ4n) is 5.90. The molecule has 1 aliphatic rings. The second kappa shape index (κ2) is 17.1. The predicted octanol–water partition coefficient (Wildman–Crippen LogP) is 14.5. The Bertz CT molecular complexity index is 1700. The molecule has 0 aliphatic carbocycles. The minimum absolute atomic E-state index is 0.628. The molecule has 0 amide bonds. The molecule has 1 aliphatic heterocycles. The lowest BCUT2D eigenvalue weighted by Crippen LogP contribution is -2.11. The van der Waals surface area contributed by atoms with Crippen molar-refractivity contribution in [2.45, 2.75) is 79.1 Å². The van der Waals surface area contributed by atoms with Crippen LogP contribution in [0.25, 0.3) is 40.4 Å². The summed E-state index contributed by atoms with van der Waals surface area (Å²) in [6.07, 6.45) is 9.84. The molecule has 3 aromatic heterocycles. The molecular weight excluding hydrogens is 669 g/mol. The van der Waals surface area contributed by atoms with Crippen molar-refractivity contribution in [2.75, 3.05) is 13.2 Å². The summed E-state index contributed by atoms with van der Waals surface area (Å²) in [6.45, 7) is 10.6. The summed E-state index contributed by atoms with van der Waals surface area (Å²) in [7, 11) is 0. The third kappa shape index (κ3) is 8.39. The highest BCUT2D eigenvalue weighted by atomic mass is 32.1. The Morgan fingerprint density at radius 2 is 0.938 bits per heavy atom. The van der Waals surface area contributed by atoms with E-state index in [0.717, 1.165) is 36.1 Å². The van der Waals surface area contributed by atoms with Gasteiger partial charge >= 0.3 is 0 Å². The molecule has 4 nitrogen and oxygen atoms in total. The van der Waals surface area contributed by atoms with E-state index in [2.05, 4.69) is 100 Å². The lowest BCUT2D eigenvalue weighted by molar-refractivity contribution is 0.233. The fraction of sp³-hybridized carbons (Fsp3) is 0.400. The van der Waals surface area contributed by atoms with Gasteiger partial charge in [0.25, 0.3) is 0 Å². The Labute approximate surface area is 302 Å². The fourth-order valence-corrected chi connectivity index (χ4v) is 10.0. The van der Waals surface area contributed by atoms with E-state index in [9.17, 15) is 0 Å². The van der Waals surface area contributed by atoms with E-state index in [-0.39, 0.29) is 0 Å². The first kappa shape index (κ1) is 34.8. The zero-order valence-electron chi connectivity index (χ0n) is 28.5. The van der Waals surface area contributed by atoms with Gasteiger partial charge in [0.1, 0.15) is 22.9 Å². The van der Waals surface area contributed by atoms with Gasteiger partial charge in [-0.1, -0.05) is 66.2 Å². The molecule has 8 heteroatoms. The molecule has 0 bridgehead atoms. The SMILES string of the molecule is CCCCC(CC)COc1ccc(-c2ccc(-c3sc(-c4ccc(-c5ccc(OCC(CC)CCCC)cc5)s4)c4c3N=S=N4)s2)cc1. The van der Waals surface area contributed by atoms with E-state index in [1.807, 2.05) is 22.7 Å². The van der Waals surface area contributed by atoms with Crippen LogP contribution in [0.3, 0.4) is 0 Å². The Morgan fingerprint density at radius 1 is 0.521 bits per heavy atom. The maximum absolute atomic E-state index is 6.16. The van der Waals surface area contributed by atoms with Gasteiger partial charge < -0.3 is 9.47 Å². The molecule has 2 unspecified atom stereocenters. The molecule has 0 saturated carbocycles. The van der Waals surface area contributed by atoms with Crippen LogP contribution in [0, 0.1) is 11.8 Å². The van der Waals surface area contributed by atoms with Gasteiger partial charge in [-0.3, -0.25) is 0 Å². The lowest BCUT2D eigenvalue weighted by Gasteiger charge is -2.15. The van der Waals surface area contributed by atoms with Gasteiger partial charge in [-0.15, -0.1) is 34.0 Å². The van der Waals surface area contributed by atoms with Crippen LogP contribution in [0.5, 0.6) is 11.5 Å². The molecule has 5 aromatic rings. The average molecular weight is 715 g/mol. The van der Waals surface area contributed by atoms with Crippen LogP contribution in [0.2, 0.25) is 0 Å². The van der Waals surface area contributed by atoms with E-state index >= 15 is 0 Å². The molecule has 0 fully saturated rings. The Hall–Kier alpha value is -3.04. The summed E-state index contributed by atoms with van der Waals surface area (Å²) in [5.74, 6) is 3.16. The quantitative estimate of drug-likeness (QED) is 0.0889. The van der Waals surface area contributed by atoms with Crippen LogP contribution in [0.4, 0.5) is 11.4 Å². The third-order valence-electron chi connectivity index (χ3n) is 9.12. The standard InChI is InChI=1S/C40H46N2O2S4/c1-5-9-11-27(7-3)25-43-31-17-13-29(14-18-31)33-21-23-35(45-33)39-37-38(42-48-41-37)40(47-39)36-24-22-34(46-36)30-15-19-32(20-16-30)44-26-28(8-4)12-10-6-2/h13-24,27-28H,5-12,25-26H2,1-4H3. The summed E-state index contributed by atoms with van der Waals surface area (Å²) in [5.41, 5.74) is 4.43. The van der Waals surface area contributed by atoms with Crippen LogP contribution < -0.4 is 9.47 Å². The van der Waals surface area contributed by atoms with Crippen molar-refractivity contribution < 1.29 is 9.47 Å². The lowest BCUT2D eigenvalue weighted by atomic mass is 10.0. The van der Waals surface area contributed by atoms with Crippen molar-refractivity contribution in [1.29, 1.82) is 0 Å². The van der Waals surface area contributed by atoms with E-state index < -0.39 is 0 Å². The Morgan fingerprint density at radius 3 is 1.33 bits per heavy atom. The maximum Gasteiger partial charge on any atom is 0.124 e. The largest absolute Gasteiger partial charge is 0.493 e. The van der Waals surface area contributed by atoms with Crippen LogP contribution in [0.1, 0.15) is 79.1 Å². The highest BCUT2D eigenvalue weighted by Gasteiger charge is 2.25. The number of nitrogens with zero attached hydrogens (tertiary/aromatic N) is 2. The number of rotatable bonds is 18. The molecule has 0 radical (unpaired) electrons. The predicted molar refractivity (Wildman–Crippen MR) is 211 cm³/mol. The van der Waals surface area contributed by atoms with Crippen LogP contribution in [-0.4, -0.2) is 13.2 Å². The first-order valence-corrected chi connectivity index (χ1v) is 20.7. The molecule has 0 spiro atoms. The van der Waals surface area contributed by atoms with Gasteiger partial charge in [0.15, 0.2) is 0 Å². The first-order valence-electron chi connectivity index (χ1n) is 17.5. The maximum atomic E-state index is 6.16. The van der Waals surface area contributed by atoms with Gasteiger partial charge in [-0.2, -0.15) is 8.73 Å². The van der Waals surface area contributed by atoms with E-state index in [1.165, 1.54) is 103 Å². The smallest absolute Gasteiger partial charge is 0.124 e. The van der Waals surface area contributed by atoms with Crippen molar-refractivity contribution in [3.05, 3.63) is 72.8 Å². The normalized spacial score (nSPS) is 13.3. The monoisotopic (exact) mass is 714 g/mol. The number of hydrogen-bond acceptors (Lipinski definition) is 7. The Kier molecular flexibility index (Phi) is 12.4. The van der Waals surface area contributed by atoms with Gasteiger partial charge in [0.2, 0.25) is 0 Å². The molecule has 48 heavy (non-hydrogen) atoms. The number of ether oxygens (including phenoxy) is 2. The minimum Gasteiger partial charge on any atom is -0.493 e. The van der Waals surface area contributed by atoms with Crippen molar-refractivity contribution in [3.8, 4) is 51.9 Å². The molecular formula is C40H46N2O2S4.